The first-order chi connectivity index (χ1) is 19.6. The van der Waals surface area contributed by atoms with E-state index in [1.54, 1.807) is 7.11 Å². The number of hydrogen-bond acceptors (Lipinski definition) is 9. The summed E-state index contributed by atoms with van der Waals surface area (Å²) in [5, 5.41) is 12.5. The quantitative estimate of drug-likeness (QED) is 0.433. The summed E-state index contributed by atoms with van der Waals surface area (Å²) in [6, 6.07) is 19.4. The standard InChI is InChI=1S/C31H32N4O5/c1-37-35-15-14-31-18-20(12-13-26(31)40-25-17-22(36)16-21(19-35)27(25)31)28-32-29(38-23-8-4-2-5-9-23)34-30(33-28)39-24-10-6-3-7-11-24/h2-11,14-15,20-22,26,36H,12-13,16-19H2,1H3/t20?,21?,22-,26?,31?/m1/s1. The van der Waals surface area contributed by atoms with Crippen molar-refractivity contribution in [2.45, 2.75) is 50.2 Å². The highest BCUT2D eigenvalue weighted by molar-refractivity contribution is 5.39. The number of para-hydroxylation sites is 2. The number of rotatable bonds is 6. The van der Waals surface area contributed by atoms with Crippen molar-refractivity contribution >= 4 is 0 Å². The molecular weight excluding hydrogens is 508 g/mol. The Kier molecular flexibility index (Phi) is 6.40. The molecule has 40 heavy (non-hydrogen) atoms. The molecular formula is C31H32N4O5. The normalized spacial score (nSPS) is 28.8. The lowest BCUT2D eigenvalue weighted by atomic mass is 9.60. The van der Waals surface area contributed by atoms with Crippen LogP contribution in [0.25, 0.3) is 0 Å². The minimum absolute atomic E-state index is 0.0107. The molecule has 9 nitrogen and oxygen atoms in total. The fourth-order valence-electron chi connectivity index (χ4n) is 6.80. The summed E-state index contributed by atoms with van der Waals surface area (Å²) in [6.45, 7) is 0.682. The zero-order chi connectivity index (χ0) is 27.1. The lowest BCUT2D eigenvalue weighted by Crippen LogP contribution is -2.40. The lowest BCUT2D eigenvalue weighted by Gasteiger charge is -2.42. The Morgan fingerprint density at radius 2 is 1.57 bits per heavy atom. The van der Waals surface area contributed by atoms with E-state index < -0.39 is 6.10 Å². The van der Waals surface area contributed by atoms with Crippen LogP contribution in [-0.2, 0) is 9.57 Å². The Bertz CT molecular complexity index is 1370. The molecule has 0 saturated heterocycles. The molecule has 1 spiro atoms. The number of aliphatic hydroxyl groups excluding tert-OH is 1. The molecule has 3 heterocycles. The third-order valence-electron chi connectivity index (χ3n) is 8.46. The van der Waals surface area contributed by atoms with E-state index in [1.165, 1.54) is 5.57 Å². The van der Waals surface area contributed by atoms with Gasteiger partial charge in [-0.05, 0) is 55.5 Å². The second kappa shape index (κ2) is 10.2. The first kappa shape index (κ1) is 25.0. The van der Waals surface area contributed by atoms with Gasteiger partial charge in [-0.1, -0.05) is 42.5 Å². The maximum Gasteiger partial charge on any atom is 0.328 e. The van der Waals surface area contributed by atoms with E-state index in [2.05, 4.69) is 11.1 Å². The molecule has 0 amide bonds. The first-order valence-corrected chi connectivity index (χ1v) is 13.9. The summed E-state index contributed by atoms with van der Waals surface area (Å²) in [5.74, 6) is 3.04. The number of hydroxylamine groups is 2. The molecule has 5 atom stereocenters. The monoisotopic (exact) mass is 540 g/mol. The van der Waals surface area contributed by atoms with Gasteiger partial charge in [-0.25, -0.2) is 0 Å². The largest absolute Gasteiger partial charge is 0.493 e. The van der Waals surface area contributed by atoms with Crippen molar-refractivity contribution in [1.29, 1.82) is 0 Å². The molecule has 2 aliphatic heterocycles. The third kappa shape index (κ3) is 4.59. The van der Waals surface area contributed by atoms with E-state index in [9.17, 15) is 5.11 Å². The molecule has 2 aromatic carbocycles. The van der Waals surface area contributed by atoms with Crippen molar-refractivity contribution in [2.75, 3.05) is 13.7 Å². The lowest BCUT2D eigenvalue weighted by molar-refractivity contribution is -0.0967. The van der Waals surface area contributed by atoms with Crippen molar-refractivity contribution in [3.05, 3.63) is 90.1 Å². The number of nitrogens with zero attached hydrogens (tertiary/aromatic N) is 4. The van der Waals surface area contributed by atoms with E-state index in [0.717, 1.165) is 25.0 Å². The molecule has 4 aliphatic rings. The number of ether oxygens (including phenoxy) is 3. The molecule has 206 valence electrons. The Morgan fingerprint density at radius 1 is 0.900 bits per heavy atom. The molecule has 9 heteroatoms. The van der Waals surface area contributed by atoms with Crippen LogP contribution in [0.2, 0.25) is 0 Å². The van der Waals surface area contributed by atoms with E-state index >= 15 is 0 Å². The molecule has 1 fully saturated rings. The topological polar surface area (TPSA) is 99.1 Å². The Morgan fingerprint density at radius 3 is 2.23 bits per heavy atom. The second-order valence-electron chi connectivity index (χ2n) is 10.9. The average Bonchev–Trinajstić information content (AvgIpc) is 3.20. The van der Waals surface area contributed by atoms with Crippen molar-refractivity contribution < 1.29 is 24.2 Å². The van der Waals surface area contributed by atoms with Crippen LogP contribution < -0.4 is 9.47 Å². The van der Waals surface area contributed by atoms with Crippen LogP contribution in [0.5, 0.6) is 23.5 Å². The van der Waals surface area contributed by atoms with E-state index in [-0.39, 0.29) is 35.4 Å². The fraction of sp³-hybridized carbons (Fsp3) is 0.387. The molecule has 3 aromatic rings. The van der Waals surface area contributed by atoms with Gasteiger partial charge >= 0.3 is 12.0 Å². The molecule has 1 aromatic heterocycles. The fourth-order valence-corrected chi connectivity index (χ4v) is 6.80. The van der Waals surface area contributed by atoms with Crippen molar-refractivity contribution in [3.8, 4) is 23.5 Å². The van der Waals surface area contributed by atoms with Gasteiger partial charge in [0, 0.05) is 24.5 Å². The highest BCUT2D eigenvalue weighted by Gasteiger charge is 2.57. The van der Waals surface area contributed by atoms with Crippen LogP contribution >= 0.6 is 0 Å². The van der Waals surface area contributed by atoms with Gasteiger partial charge in [-0.3, -0.25) is 9.90 Å². The van der Waals surface area contributed by atoms with E-state index in [0.29, 0.717) is 36.7 Å². The summed E-state index contributed by atoms with van der Waals surface area (Å²) in [5.41, 5.74) is 0.989. The molecule has 0 radical (unpaired) electrons. The second-order valence-corrected chi connectivity index (χ2v) is 10.9. The van der Waals surface area contributed by atoms with Gasteiger partial charge in [0.25, 0.3) is 0 Å². The summed E-state index contributed by atoms with van der Waals surface area (Å²) in [6.07, 6.45) is 7.59. The van der Waals surface area contributed by atoms with Crippen molar-refractivity contribution in [2.24, 2.45) is 11.3 Å². The van der Waals surface area contributed by atoms with Crippen LogP contribution in [0.4, 0.5) is 0 Å². The average molecular weight is 541 g/mol. The van der Waals surface area contributed by atoms with Gasteiger partial charge < -0.3 is 19.3 Å². The van der Waals surface area contributed by atoms with Crippen LogP contribution in [0, 0.1) is 11.3 Å². The summed E-state index contributed by atoms with van der Waals surface area (Å²) >= 11 is 0. The van der Waals surface area contributed by atoms with Gasteiger partial charge in [0.15, 0.2) is 0 Å². The highest BCUT2D eigenvalue weighted by Crippen LogP contribution is 2.60. The molecule has 1 N–H and O–H groups in total. The van der Waals surface area contributed by atoms with Gasteiger partial charge in [0.2, 0.25) is 0 Å². The first-order valence-electron chi connectivity index (χ1n) is 13.9. The predicted molar refractivity (Wildman–Crippen MR) is 145 cm³/mol. The Labute approximate surface area is 233 Å². The Balaban J connectivity index is 1.26. The maximum absolute atomic E-state index is 10.6. The van der Waals surface area contributed by atoms with Gasteiger partial charge in [0.05, 0.1) is 30.9 Å². The number of benzene rings is 2. The minimum Gasteiger partial charge on any atom is -0.493 e. The summed E-state index contributed by atoms with van der Waals surface area (Å²) in [4.78, 5) is 19.7. The molecule has 0 bridgehead atoms. The third-order valence-corrected chi connectivity index (χ3v) is 8.46. The SMILES string of the molecule is CON1C=CC23CC(c4nc(Oc5ccccc5)nc(Oc5ccccc5)n4)CCC2OC2=C3C(C[C@@H](O)C2)C1. The molecule has 4 unspecified atom stereocenters. The minimum atomic E-state index is -0.410. The van der Waals surface area contributed by atoms with E-state index in [1.807, 2.05) is 71.9 Å². The molecule has 1 saturated carbocycles. The maximum atomic E-state index is 10.6. The zero-order valence-corrected chi connectivity index (χ0v) is 22.3. The highest BCUT2D eigenvalue weighted by atomic mass is 16.7. The van der Waals surface area contributed by atoms with Crippen molar-refractivity contribution in [3.63, 3.8) is 0 Å². The predicted octanol–water partition coefficient (Wildman–Crippen LogP) is 5.52. The van der Waals surface area contributed by atoms with E-state index in [4.69, 9.17) is 29.0 Å². The van der Waals surface area contributed by atoms with Crippen LogP contribution in [-0.4, -0.2) is 51.0 Å². The van der Waals surface area contributed by atoms with Crippen LogP contribution in [0.15, 0.2) is 84.3 Å². The Hall–Kier alpha value is -3.95. The van der Waals surface area contributed by atoms with Gasteiger partial charge in [-0.15, -0.1) is 4.98 Å². The number of hydrogen-bond donors (Lipinski definition) is 1. The molecule has 2 aliphatic carbocycles. The zero-order valence-electron chi connectivity index (χ0n) is 22.3. The van der Waals surface area contributed by atoms with Gasteiger partial charge in [0.1, 0.15) is 23.4 Å². The van der Waals surface area contributed by atoms with Crippen LogP contribution in [0.1, 0.15) is 43.8 Å². The molecule has 7 rings (SSSR count). The van der Waals surface area contributed by atoms with Crippen molar-refractivity contribution in [1.82, 2.24) is 20.0 Å². The smallest absolute Gasteiger partial charge is 0.328 e. The summed E-state index contributed by atoms with van der Waals surface area (Å²) in [7, 11) is 1.68. The summed E-state index contributed by atoms with van der Waals surface area (Å²) < 4.78 is 18.7. The van der Waals surface area contributed by atoms with Crippen LogP contribution in [0.3, 0.4) is 0 Å². The van der Waals surface area contributed by atoms with Gasteiger partial charge in [-0.2, -0.15) is 9.97 Å². The number of aliphatic hydroxyl groups is 1. The number of aromatic nitrogens is 3.